The number of carbonyl (C=O) groups excluding carboxylic acids is 2. The highest BCUT2D eigenvalue weighted by atomic mass is 35.5. The predicted octanol–water partition coefficient (Wildman–Crippen LogP) is 3.80. The van der Waals surface area contributed by atoms with Crippen molar-refractivity contribution in [3.05, 3.63) is 57.6 Å². The Morgan fingerprint density at radius 2 is 1.86 bits per heavy atom. The number of para-hydroxylation sites is 1. The van der Waals surface area contributed by atoms with E-state index in [1.807, 2.05) is 0 Å². The van der Waals surface area contributed by atoms with Gasteiger partial charge in [-0.1, -0.05) is 29.3 Å². The summed E-state index contributed by atoms with van der Waals surface area (Å²) >= 11 is 12.3. The largest absolute Gasteiger partial charge is 0.383 e. The Balaban J connectivity index is 1.72. The number of nitrogen functional groups attached to an aromatic ring is 1. The second kappa shape index (κ2) is 7.46. The third-order valence-electron chi connectivity index (χ3n) is 4.49. The summed E-state index contributed by atoms with van der Waals surface area (Å²) in [5, 5.41) is 5.14. The average Bonchev–Trinajstić information content (AvgIpc) is 3.51. The van der Waals surface area contributed by atoms with Crippen molar-refractivity contribution in [3.8, 4) is 0 Å². The van der Waals surface area contributed by atoms with E-state index in [1.54, 1.807) is 12.1 Å². The highest BCUT2D eigenvalue weighted by Gasteiger charge is 2.27. The van der Waals surface area contributed by atoms with Gasteiger partial charge in [-0.25, -0.2) is 14.4 Å². The van der Waals surface area contributed by atoms with Crippen LogP contribution in [0.3, 0.4) is 0 Å². The van der Waals surface area contributed by atoms with Crippen molar-refractivity contribution in [2.24, 2.45) is 0 Å². The van der Waals surface area contributed by atoms with Crippen LogP contribution < -0.4 is 16.4 Å². The summed E-state index contributed by atoms with van der Waals surface area (Å²) < 4.78 is 14.3. The van der Waals surface area contributed by atoms with E-state index in [1.165, 1.54) is 12.4 Å². The summed E-state index contributed by atoms with van der Waals surface area (Å²) in [7, 11) is 0. The number of amides is 2. The van der Waals surface area contributed by atoms with E-state index >= 15 is 0 Å². The third-order valence-corrected chi connectivity index (χ3v) is 5.25. The fraction of sp³-hybridized carbons (Fsp3) is 0.158. The lowest BCUT2D eigenvalue weighted by Gasteiger charge is -2.14. The molecule has 7 nitrogen and oxygen atoms in total. The normalized spacial score (nSPS) is 13.3. The number of halogens is 3. The molecular formula is C19H14Cl2FN5O2. The molecule has 4 N–H and O–H groups in total. The minimum Gasteiger partial charge on any atom is -0.383 e. The second-order valence-electron chi connectivity index (χ2n) is 6.57. The number of hydrogen-bond acceptors (Lipinski definition) is 5. The Hall–Kier alpha value is -2.97. The van der Waals surface area contributed by atoms with Crippen molar-refractivity contribution in [3.63, 3.8) is 0 Å². The SMILES string of the molecule is Nc1ncnc2c(C(=O)Nc3c(Cl)c(F)cc(C(=O)NC4CC4)c3Cl)cccc12. The minimum atomic E-state index is -0.878. The van der Waals surface area contributed by atoms with Crippen LogP contribution in [0.1, 0.15) is 33.6 Å². The van der Waals surface area contributed by atoms with E-state index in [0.717, 1.165) is 18.9 Å². The molecule has 3 aromatic rings. The molecule has 1 aliphatic carbocycles. The Labute approximate surface area is 174 Å². The maximum atomic E-state index is 14.3. The molecule has 10 heteroatoms. The fourth-order valence-corrected chi connectivity index (χ4v) is 3.37. The van der Waals surface area contributed by atoms with Gasteiger partial charge >= 0.3 is 0 Å². The van der Waals surface area contributed by atoms with Gasteiger partial charge in [-0.15, -0.1) is 0 Å². The number of nitrogens with zero attached hydrogens (tertiary/aromatic N) is 2. The molecule has 0 radical (unpaired) electrons. The molecule has 4 rings (SSSR count). The molecule has 0 atom stereocenters. The maximum Gasteiger partial charge on any atom is 0.257 e. The molecule has 2 amide bonds. The lowest BCUT2D eigenvalue weighted by Crippen LogP contribution is -2.26. The zero-order valence-corrected chi connectivity index (χ0v) is 16.3. The molecule has 1 saturated carbocycles. The summed E-state index contributed by atoms with van der Waals surface area (Å²) in [4.78, 5) is 33.2. The lowest BCUT2D eigenvalue weighted by molar-refractivity contribution is 0.0949. The topological polar surface area (TPSA) is 110 Å². The summed E-state index contributed by atoms with van der Waals surface area (Å²) in [5.41, 5.74) is 5.99. The van der Waals surface area contributed by atoms with Crippen LogP contribution in [0, 0.1) is 5.82 Å². The number of anilines is 2. The molecule has 2 aromatic carbocycles. The standard InChI is InChI=1S/C19H14Cl2FN5O2/c20-13-11(19(29)26-8-4-5-8)6-12(22)14(21)16(13)27-18(28)10-3-1-2-9-15(10)24-7-25-17(9)23/h1-3,6-8H,4-5H2,(H,26,29)(H,27,28)(H2,23,24,25). The van der Waals surface area contributed by atoms with E-state index in [2.05, 4.69) is 20.6 Å². The molecule has 1 aromatic heterocycles. The number of nitrogens with two attached hydrogens (primary N) is 1. The number of aromatic nitrogens is 2. The smallest absolute Gasteiger partial charge is 0.257 e. The summed E-state index contributed by atoms with van der Waals surface area (Å²) in [6.45, 7) is 0. The molecule has 0 aliphatic heterocycles. The van der Waals surface area contributed by atoms with E-state index in [4.69, 9.17) is 28.9 Å². The van der Waals surface area contributed by atoms with Gasteiger partial charge in [-0.3, -0.25) is 9.59 Å². The van der Waals surface area contributed by atoms with Gasteiger partial charge in [0, 0.05) is 11.4 Å². The molecule has 1 aliphatic rings. The predicted molar refractivity (Wildman–Crippen MR) is 109 cm³/mol. The molecule has 148 valence electrons. The first kappa shape index (κ1) is 19.4. The van der Waals surface area contributed by atoms with Gasteiger partial charge in [0.25, 0.3) is 11.8 Å². The number of hydrogen-bond donors (Lipinski definition) is 3. The molecule has 0 saturated heterocycles. The summed E-state index contributed by atoms with van der Waals surface area (Å²) in [6, 6.07) is 5.80. The quantitative estimate of drug-likeness (QED) is 0.541. The fourth-order valence-electron chi connectivity index (χ4n) is 2.84. The summed E-state index contributed by atoms with van der Waals surface area (Å²) in [6.07, 6.45) is 2.95. The first-order valence-electron chi connectivity index (χ1n) is 8.65. The van der Waals surface area contributed by atoms with Gasteiger partial charge < -0.3 is 16.4 Å². The Kier molecular flexibility index (Phi) is 4.97. The van der Waals surface area contributed by atoms with Crippen molar-refractivity contribution in [2.75, 3.05) is 11.1 Å². The average molecular weight is 434 g/mol. The number of benzene rings is 2. The van der Waals surface area contributed by atoms with Crippen LogP contribution in [0.4, 0.5) is 15.9 Å². The lowest BCUT2D eigenvalue weighted by atomic mass is 10.1. The van der Waals surface area contributed by atoms with Crippen LogP contribution in [0.2, 0.25) is 10.0 Å². The number of fused-ring (bicyclic) bond motifs is 1. The van der Waals surface area contributed by atoms with Crippen LogP contribution in [0.15, 0.2) is 30.6 Å². The van der Waals surface area contributed by atoms with Gasteiger partial charge in [0.15, 0.2) is 0 Å². The zero-order chi connectivity index (χ0) is 20.7. The van der Waals surface area contributed by atoms with Crippen molar-refractivity contribution in [2.45, 2.75) is 18.9 Å². The second-order valence-corrected chi connectivity index (χ2v) is 7.33. The van der Waals surface area contributed by atoms with Crippen LogP contribution in [0.25, 0.3) is 10.9 Å². The molecular weight excluding hydrogens is 420 g/mol. The monoisotopic (exact) mass is 433 g/mol. The van der Waals surface area contributed by atoms with Gasteiger partial charge in [0.05, 0.1) is 27.4 Å². The van der Waals surface area contributed by atoms with Gasteiger partial charge in [-0.2, -0.15) is 0 Å². The molecule has 29 heavy (non-hydrogen) atoms. The Bertz CT molecular complexity index is 1170. The van der Waals surface area contributed by atoms with Crippen molar-refractivity contribution < 1.29 is 14.0 Å². The minimum absolute atomic E-state index is 0.0520. The van der Waals surface area contributed by atoms with E-state index in [0.29, 0.717) is 10.9 Å². The van der Waals surface area contributed by atoms with Gasteiger partial charge in [-0.05, 0) is 31.0 Å². The van der Waals surface area contributed by atoms with Crippen molar-refractivity contribution >= 4 is 57.4 Å². The van der Waals surface area contributed by atoms with Gasteiger partial charge in [0.2, 0.25) is 0 Å². The molecule has 0 unspecified atom stereocenters. The highest BCUT2D eigenvalue weighted by molar-refractivity contribution is 6.42. The number of nitrogens with one attached hydrogen (secondary N) is 2. The van der Waals surface area contributed by atoms with Crippen molar-refractivity contribution in [1.82, 2.24) is 15.3 Å². The molecule has 0 spiro atoms. The Morgan fingerprint density at radius 3 is 2.59 bits per heavy atom. The van der Waals surface area contributed by atoms with Crippen molar-refractivity contribution in [1.29, 1.82) is 0 Å². The number of carbonyl (C=O) groups is 2. The van der Waals surface area contributed by atoms with Crippen LogP contribution in [0.5, 0.6) is 0 Å². The third kappa shape index (κ3) is 3.68. The van der Waals surface area contributed by atoms with Gasteiger partial charge in [0.1, 0.15) is 23.0 Å². The molecule has 1 heterocycles. The summed E-state index contributed by atoms with van der Waals surface area (Å²) in [5.74, 6) is -1.84. The van der Waals surface area contributed by atoms with E-state index in [9.17, 15) is 14.0 Å². The first-order valence-corrected chi connectivity index (χ1v) is 9.41. The first-order chi connectivity index (χ1) is 13.9. The molecule has 0 bridgehead atoms. The zero-order valence-electron chi connectivity index (χ0n) is 14.8. The highest BCUT2D eigenvalue weighted by Crippen LogP contribution is 2.36. The van der Waals surface area contributed by atoms with Crippen LogP contribution >= 0.6 is 23.2 Å². The van der Waals surface area contributed by atoms with E-state index in [-0.39, 0.29) is 33.7 Å². The number of rotatable bonds is 4. The van der Waals surface area contributed by atoms with Crippen LogP contribution in [-0.4, -0.2) is 27.8 Å². The maximum absolute atomic E-state index is 14.3. The Morgan fingerprint density at radius 1 is 1.10 bits per heavy atom. The molecule has 1 fully saturated rings. The van der Waals surface area contributed by atoms with E-state index < -0.39 is 22.7 Å². The van der Waals surface area contributed by atoms with Crippen LogP contribution in [-0.2, 0) is 0 Å².